The van der Waals surface area contributed by atoms with Crippen LogP contribution in [0, 0.1) is 0 Å². The number of ether oxygens (including phenoxy) is 2. The van der Waals surface area contributed by atoms with Crippen LogP contribution in [0.25, 0.3) is 11.1 Å². The van der Waals surface area contributed by atoms with E-state index in [1.165, 1.54) is 7.11 Å². The molecule has 1 atom stereocenters. The molecule has 2 aromatic rings. The van der Waals surface area contributed by atoms with Gasteiger partial charge in [-0.15, -0.1) is 0 Å². The first-order valence-corrected chi connectivity index (χ1v) is 9.74. The predicted octanol–water partition coefficient (Wildman–Crippen LogP) is 2.38. The summed E-state index contributed by atoms with van der Waals surface area (Å²) in [5, 5.41) is 12.5. The molecule has 0 aliphatic heterocycles. The number of hydrogen-bond acceptors (Lipinski definition) is 5. The minimum Gasteiger partial charge on any atom is -0.480 e. The summed E-state index contributed by atoms with van der Waals surface area (Å²) in [7, 11) is 1.17. The van der Waals surface area contributed by atoms with Crippen molar-refractivity contribution < 1.29 is 37.7 Å². The lowest BCUT2D eigenvalue weighted by Crippen LogP contribution is -2.54. The van der Waals surface area contributed by atoms with Gasteiger partial charge in [0.1, 0.15) is 6.61 Å². The standard InChI is InChI=1S/C22H22F2N2O6/c1-31-11-18(19(27)28)26-20(29)22(23,24)12-25-21(30)32-10-17-15-8-4-2-6-13(15)14-7-3-5-9-16(14)17/h2-9,17-18H,10-12H2,1H3,(H,25,30)(H,26,29)(H,27,28)/t18-/m0/s1. The summed E-state index contributed by atoms with van der Waals surface area (Å²) in [6, 6.07) is 13.6. The molecule has 0 unspecified atom stereocenters. The number of benzene rings is 2. The molecule has 32 heavy (non-hydrogen) atoms. The highest BCUT2D eigenvalue weighted by atomic mass is 19.3. The van der Waals surface area contributed by atoms with Crippen LogP contribution in [-0.4, -0.2) is 61.9 Å². The molecule has 0 radical (unpaired) electrons. The van der Waals surface area contributed by atoms with Crippen LogP contribution in [-0.2, 0) is 19.1 Å². The Labute approximate surface area is 182 Å². The van der Waals surface area contributed by atoms with Crippen molar-refractivity contribution in [2.45, 2.75) is 17.9 Å². The van der Waals surface area contributed by atoms with Crippen LogP contribution < -0.4 is 10.6 Å². The molecule has 1 aliphatic rings. The average molecular weight is 448 g/mol. The number of methoxy groups -OCH3 is 1. The molecule has 3 N–H and O–H groups in total. The molecule has 0 aromatic heterocycles. The topological polar surface area (TPSA) is 114 Å². The number of carbonyl (C=O) groups excluding carboxylic acids is 2. The molecule has 0 fully saturated rings. The molecular weight excluding hydrogens is 426 g/mol. The zero-order valence-electron chi connectivity index (χ0n) is 17.1. The molecular formula is C22H22F2N2O6. The third kappa shape index (κ3) is 5.02. The largest absolute Gasteiger partial charge is 0.480 e. The number of fused-ring (bicyclic) bond motifs is 3. The molecule has 0 saturated heterocycles. The van der Waals surface area contributed by atoms with Crippen LogP contribution in [0.4, 0.5) is 13.6 Å². The Hall–Kier alpha value is -3.53. The third-order valence-electron chi connectivity index (χ3n) is 5.07. The molecule has 3 rings (SSSR count). The van der Waals surface area contributed by atoms with E-state index in [1.807, 2.05) is 53.8 Å². The molecule has 8 nitrogen and oxygen atoms in total. The number of hydrogen-bond donors (Lipinski definition) is 3. The van der Waals surface area contributed by atoms with Crippen molar-refractivity contribution in [2.24, 2.45) is 0 Å². The highest BCUT2D eigenvalue weighted by Crippen LogP contribution is 2.44. The molecule has 2 aromatic carbocycles. The molecule has 0 saturated carbocycles. The van der Waals surface area contributed by atoms with E-state index in [0.29, 0.717) is 0 Å². The number of aliphatic carboxylic acids is 1. The lowest BCUT2D eigenvalue weighted by atomic mass is 9.98. The normalized spacial score (nSPS) is 13.6. The second-order valence-corrected chi connectivity index (χ2v) is 7.20. The maximum Gasteiger partial charge on any atom is 0.407 e. The van der Waals surface area contributed by atoms with Crippen molar-refractivity contribution in [3.8, 4) is 11.1 Å². The summed E-state index contributed by atoms with van der Waals surface area (Å²) in [4.78, 5) is 34.7. The summed E-state index contributed by atoms with van der Waals surface area (Å²) in [6.45, 7) is -1.92. The van der Waals surface area contributed by atoms with Crippen molar-refractivity contribution >= 4 is 18.0 Å². The number of amides is 2. The Morgan fingerprint density at radius 2 is 1.62 bits per heavy atom. The van der Waals surface area contributed by atoms with Gasteiger partial charge in [0.15, 0.2) is 6.04 Å². The lowest BCUT2D eigenvalue weighted by molar-refractivity contribution is -0.151. The highest BCUT2D eigenvalue weighted by Gasteiger charge is 2.41. The van der Waals surface area contributed by atoms with Gasteiger partial charge in [-0.05, 0) is 22.3 Å². The second kappa shape index (κ2) is 9.73. The number of halogens is 2. The second-order valence-electron chi connectivity index (χ2n) is 7.20. The zero-order chi connectivity index (χ0) is 23.3. The van der Waals surface area contributed by atoms with E-state index >= 15 is 0 Å². The Bertz CT molecular complexity index is 968. The van der Waals surface area contributed by atoms with E-state index in [1.54, 1.807) is 5.32 Å². The molecule has 10 heteroatoms. The van der Waals surface area contributed by atoms with Crippen LogP contribution in [0.1, 0.15) is 17.0 Å². The Balaban J connectivity index is 1.56. The van der Waals surface area contributed by atoms with E-state index in [0.717, 1.165) is 22.3 Å². The predicted molar refractivity (Wildman–Crippen MR) is 109 cm³/mol. The van der Waals surface area contributed by atoms with E-state index in [4.69, 9.17) is 9.84 Å². The fourth-order valence-electron chi connectivity index (χ4n) is 3.52. The molecule has 0 bridgehead atoms. The quantitative estimate of drug-likeness (QED) is 0.543. The number of carbonyl (C=O) groups is 3. The molecule has 0 heterocycles. The first kappa shape index (κ1) is 23.1. The van der Waals surface area contributed by atoms with Gasteiger partial charge in [0.2, 0.25) is 0 Å². The maximum absolute atomic E-state index is 14.1. The Morgan fingerprint density at radius 1 is 1.06 bits per heavy atom. The Kier molecular flexibility index (Phi) is 7.04. The number of carboxylic acids is 1. The van der Waals surface area contributed by atoms with Crippen LogP contribution in [0.3, 0.4) is 0 Å². The van der Waals surface area contributed by atoms with Gasteiger partial charge in [-0.1, -0.05) is 48.5 Å². The van der Waals surface area contributed by atoms with Gasteiger partial charge >= 0.3 is 18.0 Å². The van der Waals surface area contributed by atoms with E-state index < -0.39 is 43.1 Å². The highest BCUT2D eigenvalue weighted by molar-refractivity contribution is 5.88. The fourth-order valence-corrected chi connectivity index (χ4v) is 3.52. The average Bonchev–Trinajstić information content (AvgIpc) is 3.09. The summed E-state index contributed by atoms with van der Waals surface area (Å²) in [5.74, 6) is -7.67. The summed E-state index contributed by atoms with van der Waals surface area (Å²) in [6.07, 6.45) is -1.12. The van der Waals surface area contributed by atoms with Crippen molar-refractivity contribution in [3.05, 3.63) is 59.7 Å². The van der Waals surface area contributed by atoms with Crippen molar-refractivity contribution in [3.63, 3.8) is 0 Å². The number of carboxylic acid groups (broad SMARTS) is 1. The van der Waals surface area contributed by atoms with Gasteiger partial charge < -0.3 is 25.2 Å². The maximum atomic E-state index is 14.1. The van der Waals surface area contributed by atoms with E-state index in [-0.39, 0.29) is 12.5 Å². The number of nitrogens with one attached hydrogen (secondary N) is 2. The van der Waals surface area contributed by atoms with Gasteiger partial charge in [-0.3, -0.25) is 4.79 Å². The molecule has 170 valence electrons. The van der Waals surface area contributed by atoms with Gasteiger partial charge in [-0.2, -0.15) is 8.78 Å². The van der Waals surface area contributed by atoms with Crippen LogP contribution in [0.2, 0.25) is 0 Å². The number of rotatable bonds is 9. The monoisotopic (exact) mass is 448 g/mol. The smallest absolute Gasteiger partial charge is 0.407 e. The minimum absolute atomic E-state index is 0.0768. The lowest BCUT2D eigenvalue weighted by Gasteiger charge is -2.20. The van der Waals surface area contributed by atoms with Crippen LogP contribution in [0.15, 0.2) is 48.5 Å². The minimum atomic E-state index is -4.05. The summed E-state index contributed by atoms with van der Waals surface area (Å²) in [5.41, 5.74) is 3.96. The summed E-state index contributed by atoms with van der Waals surface area (Å²) >= 11 is 0. The van der Waals surface area contributed by atoms with Gasteiger partial charge in [0, 0.05) is 13.0 Å². The van der Waals surface area contributed by atoms with E-state index in [9.17, 15) is 23.2 Å². The van der Waals surface area contributed by atoms with E-state index in [2.05, 4.69) is 4.74 Å². The molecule has 1 aliphatic carbocycles. The van der Waals surface area contributed by atoms with Crippen LogP contribution >= 0.6 is 0 Å². The van der Waals surface area contributed by atoms with Crippen molar-refractivity contribution in [2.75, 3.05) is 26.9 Å². The van der Waals surface area contributed by atoms with Gasteiger partial charge in [-0.25, -0.2) is 9.59 Å². The molecule has 0 spiro atoms. The Morgan fingerprint density at radius 3 is 2.16 bits per heavy atom. The number of alkyl carbamates (subject to hydrolysis) is 1. The third-order valence-corrected chi connectivity index (χ3v) is 5.07. The SMILES string of the molecule is COC[C@H](NC(=O)C(F)(F)CNC(=O)OCC1c2ccccc2-c2ccccc21)C(=O)O. The van der Waals surface area contributed by atoms with Crippen LogP contribution in [0.5, 0.6) is 0 Å². The van der Waals surface area contributed by atoms with Gasteiger partial charge in [0.25, 0.3) is 5.91 Å². The molecule has 2 amide bonds. The number of alkyl halides is 2. The van der Waals surface area contributed by atoms with Crippen molar-refractivity contribution in [1.82, 2.24) is 10.6 Å². The summed E-state index contributed by atoms with van der Waals surface area (Å²) < 4.78 is 37.8. The fraction of sp³-hybridized carbons (Fsp3) is 0.318. The first-order chi connectivity index (χ1) is 15.2. The van der Waals surface area contributed by atoms with Crippen molar-refractivity contribution in [1.29, 1.82) is 0 Å². The zero-order valence-corrected chi connectivity index (χ0v) is 17.1. The van der Waals surface area contributed by atoms with Gasteiger partial charge in [0.05, 0.1) is 13.2 Å². The first-order valence-electron chi connectivity index (χ1n) is 9.74.